The maximum absolute atomic E-state index is 9.16. The van der Waals surface area contributed by atoms with Gasteiger partial charge in [-0.1, -0.05) is 0 Å². The lowest BCUT2D eigenvalue weighted by Gasteiger charge is -2.33. The second kappa shape index (κ2) is 6.48. The third-order valence-electron chi connectivity index (χ3n) is 3.53. The van der Waals surface area contributed by atoms with Crippen LogP contribution in [0.5, 0.6) is 0 Å². The summed E-state index contributed by atoms with van der Waals surface area (Å²) < 4.78 is 0. The van der Waals surface area contributed by atoms with Crippen LogP contribution < -0.4 is 10.2 Å². The summed E-state index contributed by atoms with van der Waals surface area (Å²) in [6, 6.07) is 2.45. The van der Waals surface area contributed by atoms with E-state index in [2.05, 4.69) is 40.1 Å². The summed E-state index contributed by atoms with van der Waals surface area (Å²) >= 11 is 0. The summed E-state index contributed by atoms with van der Waals surface area (Å²) in [5.74, 6) is 1.33. The van der Waals surface area contributed by atoms with Gasteiger partial charge < -0.3 is 10.2 Å². The Morgan fingerprint density at radius 3 is 2.89 bits per heavy atom. The zero-order chi connectivity index (χ0) is 13.7. The van der Waals surface area contributed by atoms with Gasteiger partial charge in [0.2, 0.25) is 0 Å². The lowest BCUT2D eigenvalue weighted by atomic mass is 9.98. The summed E-state index contributed by atoms with van der Waals surface area (Å²) in [5.41, 5.74) is 0.417. The number of nitriles is 1. The Kier molecular flexibility index (Phi) is 4.69. The van der Waals surface area contributed by atoms with Gasteiger partial charge in [0.15, 0.2) is 11.5 Å². The fraction of sp³-hybridized carbons (Fsp3) is 0.643. The normalized spacial score (nSPS) is 19.2. The molecular formula is C14H21N5. The molecule has 0 amide bonds. The Morgan fingerprint density at radius 1 is 1.47 bits per heavy atom. The highest BCUT2D eigenvalue weighted by atomic mass is 15.2. The van der Waals surface area contributed by atoms with Gasteiger partial charge in [0.05, 0.1) is 0 Å². The fourth-order valence-electron chi connectivity index (χ4n) is 2.52. The van der Waals surface area contributed by atoms with Gasteiger partial charge in [-0.3, -0.25) is 0 Å². The maximum Gasteiger partial charge on any atom is 0.183 e. The number of hydrogen-bond donors (Lipinski definition) is 1. The van der Waals surface area contributed by atoms with Crippen LogP contribution in [-0.2, 0) is 0 Å². The smallest absolute Gasteiger partial charge is 0.183 e. The monoisotopic (exact) mass is 259 g/mol. The van der Waals surface area contributed by atoms with E-state index in [1.807, 2.05) is 0 Å². The molecule has 2 heterocycles. The minimum Gasteiger partial charge on any atom is -0.351 e. The zero-order valence-corrected chi connectivity index (χ0v) is 11.6. The molecule has 102 valence electrons. The molecule has 1 atom stereocenters. The first-order valence-corrected chi connectivity index (χ1v) is 6.91. The van der Waals surface area contributed by atoms with E-state index in [1.54, 1.807) is 12.4 Å². The molecule has 0 saturated carbocycles. The minimum absolute atomic E-state index is 0.311. The van der Waals surface area contributed by atoms with Crippen molar-refractivity contribution in [2.24, 2.45) is 5.92 Å². The van der Waals surface area contributed by atoms with Crippen molar-refractivity contribution < 1.29 is 0 Å². The molecule has 0 radical (unpaired) electrons. The SMILES string of the molecule is CC(C)N(CC1CCCNC1)c1nccnc1C#N. The summed E-state index contributed by atoms with van der Waals surface area (Å²) in [6.45, 7) is 7.36. The van der Waals surface area contributed by atoms with Crippen molar-refractivity contribution in [1.29, 1.82) is 5.26 Å². The van der Waals surface area contributed by atoms with Crippen molar-refractivity contribution >= 4 is 5.82 Å². The topological polar surface area (TPSA) is 64.8 Å². The molecule has 1 aliphatic rings. The average Bonchev–Trinajstić information content (AvgIpc) is 2.45. The lowest BCUT2D eigenvalue weighted by Crippen LogP contribution is -2.42. The van der Waals surface area contributed by atoms with Crippen LogP contribution in [0.25, 0.3) is 0 Å². The van der Waals surface area contributed by atoms with Crippen molar-refractivity contribution in [2.75, 3.05) is 24.5 Å². The molecule has 0 aliphatic carbocycles. The molecule has 1 saturated heterocycles. The van der Waals surface area contributed by atoms with Gasteiger partial charge in [0.1, 0.15) is 6.07 Å². The van der Waals surface area contributed by atoms with Gasteiger partial charge in [-0.2, -0.15) is 5.26 Å². The highest BCUT2D eigenvalue weighted by molar-refractivity contribution is 5.50. The molecule has 5 heteroatoms. The summed E-state index contributed by atoms with van der Waals surface area (Å²) in [7, 11) is 0. The molecule has 1 aromatic heterocycles. The van der Waals surface area contributed by atoms with Gasteiger partial charge in [-0.25, -0.2) is 9.97 Å². The van der Waals surface area contributed by atoms with Crippen LogP contribution in [0, 0.1) is 17.2 Å². The van der Waals surface area contributed by atoms with E-state index >= 15 is 0 Å². The molecule has 2 rings (SSSR count). The van der Waals surface area contributed by atoms with E-state index in [0.717, 1.165) is 19.6 Å². The molecule has 1 unspecified atom stereocenters. The van der Waals surface area contributed by atoms with Crippen LogP contribution in [0.4, 0.5) is 5.82 Å². The molecular weight excluding hydrogens is 238 g/mol. The number of aromatic nitrogens is 2. The Hall–Kier alpha value is -1.67. The first-order valence-electron chi connectivity index (χ1n) is 6.91. The van der Waals surface area contributed by atoms with Crippen molar-refractivity contribution in [1.82, 2.24) is 15.3 Å². The zero-order valence-electron chi connectivity index (χ0n) is 11.6. The van der Waals surface area contributed by atoms with Crippen LogP contribution >= 0.6 is 0 Å². The standard InChI is InChI=1S/C14H21N5/c1-11(2)19(10-12-4-3-5-16-9-12)14-13(8-15)17-6-7-18-14/h6-7,11-12,16H,3-5,9-10H2,1-2H3. The number of nitrogens with one attached hydrogen (secondary N) is 1. The van der Waals surface area contributed by atoms with Gasteiger partial charge in [0.25, 0.3) is 0 Å². The highest BCUT2D eigenvalue weighted by Crippen LogP contribution is 2.21. The predicted molar refractivity (Wildman–Crippen MR) is 74.8 cm³/mol. The Bertz CT molecular complexity index is 445. The number of piperidine rings is 1. The van der Waals surface area contributed by atoms with Crippen molar-refractivity contribution in [3.05, 3.63) is 18.1 Å². The van der Waals surface area contributed by atoms with E-state index in [1.165, 1.54) is 12.8 Å². The van der Waals surface area contributed by atoms with Crippen LogP contribution in [0.1, 0.15) is 32.4 Å². The molecule has 19 heavy (non-hydrogen) atoms. The second-order valence-electron chi connectivity index (χ2n) is 5.30. The van der Waals surface area contributed by atoms with Crippen LogP contribution in [0.2, 0.25) is 0 Å². The van der Waals surface area contributed by atoms with Gasteiger partial charge in [-0.05, 0) is 45.7 Å². The van der Waals surface area contributed by atoms with E-state index in [9.17, 15) is 0 Å². The van der Waals surface area contributed by atoms with Gasteiger partial charge in [-0.15, -0.1) is 0 Å². The third-order valence-corrected chi connectivity index (χ3v) is 3.53. The fourth-order valence-corrected chi connectivity index (χ4v) is 2.52. The Morgan fingerprint density at radius 2 is 2.26 bits per heavy atom. The first kappa shape index (κ1) is 13.8. The van der Waals surface area contributed by atoms with E-state index in [0.29, 0.717) is 23.5 Å². The predicted octanol–water partition coefficient (Wildman–Crippen LogP) is 1.56. The quantitative estimate of drug-likeness (QED) is 0.889. The van der Waals surface area contributed by atoms with E-state index in [-0.39, 0.29) is 0 Å². The van der Waals surface area contributed by atoms with E-state index < -0.39 is 0 Å². The number of nitrogens with zero attached hydrogens (tertiary/aromatic N) is 4. The molecule has 5 nitrogen and oxygen atoms in total. The molecule has 0 bridgehead atoms. The Labute approximate surface area is 114 Å². The van der Waals surface area contributed by atoms with Crippen molar-refractivity contribution in [3.63, 3.8) is 0 Å². The van der Waals surface area contributed by atoms with Gasteiger partial charge >= 0.3 is 0 Å². The van der Waals surface area contributed by atoms with Gasteiger partial charge in [0, 0.05) is 25.0 Å². The average molecular weight is 259 g/mol. The van der Waals surface area contributed by atoms with E-state index in [4.69, 9.17) is 5.26 Å². The molecule has 1 N–H and O–H groups in total. The van der Waals surface area contributed by atoms with Crippen LogP contribution in [-0.4, -0.2) is 35.6 Å². The van der Waals surface area contributed by atoms with Crippen LogP contribution in [0.3, 0.4) is 0 Å². The van der Waals surface area contributed by atoms with Crippen LogP contribution in [0.15, 0.2) is 12.4 Å². The number of rotatable bonds is 4. The molecule has 0 aromatic carbocycles. The number of anilines is 1. The Balaban J connectivity index is 2.17. The molecule has 0 spiro atoms. The van der Waals surface area contributed by atoms with Crippen molar-refractivity contribution in [2.45, 2.75) is 32.7 Å². The summed E-state index contributed by atoms with van der Waals surface area (Å²) in [4.78, 5) is 10.7. The third kappa shape index (κ3) is 3.42. The molecule has 1 fully saturated rings. The molecule has 1 aliphatic heterocycles. The number of hydrogen-bond acceptors (Lipinski definition) is 5. The summed E-state index contributed by atoms with van der Waals surface area (Å²) in [6.07, 6.45) is 5.69. The lowest BCUT2D eigenvalue weighted by molar-refractivity contribution is 0.370. The maximum atomic E-state index is 9.16. The summed E-state index contributed by atoms with van der Waals surface area (Å²) in [5, 5.41) is 12.6. The highest BCUT2D eigenvalue weighted by Gasteiger charge is 2.22. The van der Waals surface area contributed by atoms with Crippen molar-refractivity contribution in [3.8, 4) is 6.07 Å². The first-order chi connectivity index (χ1) is 9.22. The molecule has 1 aromatic rings. The minimum atomic E-state index is 0.311. The largest absolute Gasteiger partial charge is 0.351 e. The second-order valence-corrected chi connectivity index (χ2v) is 5.30.